The van der Waals surface area contributed by atoms with Crippen molar-refractivity contribution in [3.63, 3.8) is 0 Å². The van der Waals surface area contributed by atoms with Crippen LogP contribution in [-0.4, -0.2) is 118 Å². The number of amides is 7. The van der Waals surface area contributed by atoms with E-state index in [1.54, 1.807) is 13.0 Å². The molecule has 9 N–H and O–H groups in total. The summed E-state index contributed by atoms with van der Waals surface area (Å²) in [6, 6.07) is 0.897. The molecule has 0 bridgehead atoms. The average Bonchev–Trinajstić information content (AvgIpc) is 3.72. The van der Waals surface area contributed by atoms with Crippen molar-refractivity contribution in [2.24, 2.45) is 16.8 Å². The number of aryl methyl sites for hydroxylation is 1. The zero-order valence-electron chi connectivity index (χ0n) is 29.6. The predicted octanol–water partition coefficient (Wildman–Crippen LogP) is -0.821. The van der Waals surface area contributed by atoms with Gasteiger partial charge in [0.2, 0.25) is 41.4 Å². The number of aliphatic carboxylic acids is 1. The second kappa shape index (κ2) is 18.8. The van der Waals surface area contributed by atoms with Crippen LogP contribution >= 0.6 is 11.8 Å². The van der Waals surface area contributed by atoms with Crippen molar-refractivity contribution in [2.75, 3.05) is 25.4 Å². The molecule has 4 rings (SSSR count). The number of rotatable bonds is 9. The molecule has 0 aliphatic carbocycles. The number of nitrogens with one attached hydrogen (secondary N) is 6. The van der Waals surface area contributed by atoms with Crippen LogP contribution in [-0.2, 0) is 44.8 Å². The standard InChI is InChI=1S/C33H43N11O9S/c1-3-16(2)28-30(50)37-13-26(47)38-22(29(49)39-21(11-24(34)45)32(51)44-14-17(42-43-35)10-23(44)33(52)53)15-54-31-19(18-6-4-5-7-20(18)40-31)8-9-25(46)36-12-27(48)41-28/h4-7,16-17,21-23,28,40H,3,8-15H2,1-2H3,(H2,34,45)(H,36,46)(H,37,50)(H,38,47)(H,39,49)(H,41,48)(H,52,53)/t16-,17?,21-,22-,23-,28-/m0/s1. The maximum atomic E-state index is 13.9. The van der Waals surface area contributed by atoms with E-state index in [9.17, 15) is 43.5 Å². The molecule has 0 saturated carbocycles. The first kappa shape index (κ1) is 40.9. The second-order valence-electron chi connectivity index (χ2n) is 13.0. The highest BCUT2D eigenvalue weighted by molar-refractivity contribution is 7.99. The van der Waals surface area contributed by atoms with E-state index in [1.165, 1.54) is 0 Å². The summed E-state index contributed by atoms with van der Waals surface area (Å²) in [6.07, 6.45) is -0.206. The highest BCUT2D eigenvalue weighted by Crippen LogP contribution is 2.31. The molecule has 0 spiro atoms. The summed E-state index contributed by atoms with van der Waals surface area (Å²) in [5.74, 6) is -7.29. The number of carbonyl (C=O) groups excluding carboxylic acids is 7. The number of carbonyl (C=O) groups is 8. The van der Waals surface area contributed by atoms with Crippen molar-refractivity contribution < 1.29 is 43.5 Å². The largest absolute Gasteiger partial charge is 0.480 e. The first-order valence-electron chi connectivity index (χ1n) is 17.2. The Morgan fingerprint density at radius 1 is 1.07 bits per heavy atom. The zero-order valence-corrected chi connectivity index (χ0v) is 30.4. The Kier molecular flexibility index (Phi) is 14.2. The first-order valence-corrected chi connectivity index (χ1v) is 18.2. The molecule has 54 heavy (non-hydrogen) atoms. The zero-order chi connectivity index (χ0) is 39.5. The Labute approximate surface area is 313 Å². The van der Waals surface area contributed by atoms with Crippen LogP contribution in [0.1, 0.15) is 45.1 Å². The highest BCUT2D eigenvalue weighted by atomic mass is 32.2. The van der Waals surface area contributed by atoms with E-state index in [2.05, 4.69) is 41.6 Å². The number of aromatic nitrogens is 1. The normalized spacial score (nSPS) is 22.8. The minimum Gasteiger partial charge on any atom is -0.480 e. The molecule has 1 aromatic heterocycles. The minimum atomic E-state index is -1.65. The molecule has 290 valence electrons. The van der Waals surface area contributed by atoms with Crippen LogP contribution in [0.15, 0.2) is 34.4 Å². The van der Waals surface area contributed by atoms with Crippen molar-refractivity contribution in [1.82, 2.24) is 36.5 Å². The van der Waals surface area contributed by atoms with Crippen LogP contribution in [0.4, 0.5) is 0 Å². The molecule has 7 amide bonds. The molecule has 6 atom stereocenters. The van der Waals surface area contributed by atoms with E-state index in [0.29, 0.717) is 11.4 Å². The molecule has 21 heteroatoms. The fourth-order valence-corrected chi connectivity index (χ4v) is 7.31. The molecule has 1 unspecified atom stereocenters. The van der Waals surface area contributed by atoms with Gasteiger partial charge < -0.3 is 47.3 Å². The summed E-state index contributed by atoms with van der Waals surface area (Å²) in [5.41, 5.74) is 15.7. The summed E-state index contributed by atoms with van der Waals surface area (Å²) in [6.45, 7) is 2.27. The summed E-state index contributed by atoms with van der Waals surface area (Å²) >= 11 is 1.12. The van der Waals surface area contributed by atoms with Crippen molar-refractivity contribution in [3.05, 3.63) is 40.3 Å². The van der Waals surface area contributed by atoms with E-state index < -0.39 is 90.5 Å². The van der Waals surface area contributed by atoms with Gasteiger partial charge in [0.25, 0.3) is 0 Å². The Balaban J connectivity index is 1.65. The third kappa shape index (κ3) is 10.6. The highest BCUT2D eigenvalue weighted by Gasteiger charge is 2.42. The Bertz CT molecular complexity index is 1850. The number of para-hydroxylation sites is 1. The lowest BCUT2D eigenvalue weighted by Gasteiger charge is -2.28. The number of hydrogen-bond donors (Lipinski definition) is 8. The van der Waals surface area contributed by atoms with Gasteiger partial charge in [-0.2, -0.15) is 0 Å². The molecule has 3 heterocycles. The second-order valence-corrected chi connectivity index (χ2v) is 14.0. The maximum Gasteiger partial charge on any atom is 0.326 e. The minimum absolute atomic E-state index is 0.0100. The van der Waals surface area contributed by atoms with Gasteiger partial charge in [-0.15, -0.1) is 11.8 Å². The molecule has 0 radical (unpaired) electrons. The quantitative estimate of drug-likeness (QED) is 0.0890. The topological polar surface area (TPSA) is 311 Å². The number of carboxylic acids is 1. The summed E-state index contributed by atoms with van der Waals surface area (Å²) in [7, 11) is 0. The van der Waals surface area contributed by atoms with Gasteiger partial charge in [-0.05, 0) is 35.9 Å². The van der Waals surface area contributed by atoms with Crippen LogP contribution < -0.4 is 32.3 Å². The van der Waals surface area contributed by atoms with Gasteiger partial charge in [-0.25, -0.2) is 4.79 Å². The molecular weight excluding hydrogens is 726 g/mol. The van der Waals surface area contributed by atoms with E-state index in [-0.39, 0.29) is 44.0 Å². The first-order chi connectivity index (χ1) is 25.7. The van der Waals surface area contributed by atoms with Crippen LogP contribution in [0.3, 0.4) is 0 Å². The fourth-order valence-electron chi connectivity index (χ4n) is 6.17. The van der Waals surface area contributed by atoms with Crippen LogP contribution in [0.2, 0.25) is 0 Å². The molecule has 20 nitrogen and oxygen atoms in total. The molecule has 2 aliphatic rings. The number of hydrogen-bond acceptors (Lipinski definition) is 10. The third-order valence-corrected chi connectivity index (χ3v) is 10.3. The van der Waals surface area contributed by atoms with Gasteiger partial charge >= 0.3 is 5.97 Å². The van der Waals surface area contributed by atoms with Crippen LogP contribution in [0.25, 0.3) is 21.3 Å². The smallest absolute Gasteiger partial charge is 0.326 e. The predicted molar refractivity (Wildman–Crippen MR) is 193 cm³/mol. The summed E-state index contributed by atoms with van der Waals surface area (Å²) in [5, 5.41) is 27.3. The lowest BCUT2D eigenvalue weighted by Crippen LogP contribution is -2.58. The van der Waals surface area contributed by atoms with E-state index in [0.717, 1.165) is 33.1 Å². The number of carboxylic acid groups (broad SMARTS) is 1. The van der Waals surface area contributed by atoms with Crippen LogP contribution in [0, 0.1) is 5.92 Å². The molecule has 1 fully saturated rings. The number of nitrogens with two attached hydrogens (primary N) is 1. The van der Waals surface area contributed by atoms with E-state index in [4.69, 9.17) is 11.3 Å². The van der Waals surface area contributed by atoms with Gasteiger partial charge in [0, 0.05) is 34.5 Å². The average molecular weight is 770 g/mol. The lowest BCUT2D eigenvalue weighted by atomic mass is 9.98. The number of H-pyrrole nitrogens is 1. The molecule has 2 aliphatic heterocycles. The number of fused-ring (bicyclic) bond motifs is 3. The van der Waals surface area contributed by atoms with E-state index in [1.807, 2.05) is 25.1 Å². The van der Waals surface area contributed by atoms with Crippen molar-refractivity contribution in [3.8, 4) is 0 Å². The molecule has 1 aromatic carbocycles. The van der Waals surface area contributed by atoms with Gasteiger partial charge in [0.15, 0.2) is 0 Å². The van der Waals surface area contributed by atoms with Crippen molar-refractivity contribution >= 4 is 70.0 Å². The summed E-state index contributed by atoms with van der Waals surface area (Å²) in [4.78, 5) is 111. The third-order valence-electron chi connectivity index (χ3n) is 9.19. The molecule has 2 aromatic rings. The van der Waals surface area contributed by atoms with Gasteiger partial charge in [-0.3, -0.25) is 33.6 Å². The lowest BCUT2D eigenvalue weighted by molar-refractivity contribution is -0.149. The number of nitrogens with zero attached hydrogens (tertiary/aromatic N) is 4. The SMILES string of the molecule is CC[C@H](C)[C@@H]1NC(=O)CNC(=O)CCc2c([nH]c3ccccc23)SC[C@@H](C(=O)N[C@@H](CC(N)=O)C(=O)N2CC(N=[N+]=[N-])C[C@H]2C(=O)O)NC(=O)CNC1=O. The van der Waals surface area contributed by atoms with Gasteiger partial charge in [-0.1, -0.05) is 43.6 Å². The van der Waals surface area contributed by atoms with E-state index >= 15 is 0 Å². The van der Waals surface area contributed by atoms with Crippen molar-refractivity contribution in [1.29, 1.82) is 0 Å². The maximum absolute atomic E-state index is 13.9. The number of benzene rings is 1. The fraction of sp³-hybridized carbons (Fsp3) is 0.515. The molecular formula is C33H43N11O9S. The monoisotopic (exact) mass is 769 g/mol. The van der Waals surface area contributed by atoms with Gasteiger partial charge in [0.1, 0.15) is 24.2 Å². The van der Waals surface area contributed by atoms with Crippen molar-refractivity contribution in [2.45, 2.75) is 81.2 Å². The van der Waals surface area contributed by atoms with Crippen LogP contribution in [0.5, 0.6) is 0 Å². The number of primary amides is 1. The Hall–Kier alpha value is -5.82. The number of thioether (sulfide) groups is 1. The van der Waals surface area contributed by atoms with Gasteiger partial charge in [0.05, 0.1) is 30.6 Å². The number of likely N-dealkylation sites (tertiary alicyclic amines) is 1. The Morgan fingerprint density at radius 3 is 2.46 bits per heavy atom. The summed E-state index contributed by atoms with van der Waals surface area (Å²) < 4.78 is 0. The Morgan fingerprint density at radius 2 is 1.78 bits per heavy atom. The number of azide groups is 1. The molecule has 1 saturated heterocycles. The number of aromatic amines is 1.